The van der Waals surface area contributed by atoms with Crippen LogP contribution in [-0.4, -0.2) is 6.79 Å². The summed E-state index contributed by atoms with van der Waals surface area (Å²) in [5, 5.41) is 0. The minimum Gasteiger partial charge on any atom is -0.454 e. The first-order valence-electron chi connectivity index (χ1n) is 5.07. The second-order valence-corrected chi connectivity index (χ2v) is 4.48. The Balaban J connectivity index is 2.31. The molecular weight excluding hydrogens is 258 g/mol. The molecule has 0 radical (unpaired) electrons. The monoisotopic (exact) mass is 271 g/mol. The molecule has 2 rings (SSSR count). The van der Waals surface area contributed by atoms with Crippen molar-refractivity contribution in [2.75, 3.05) is 6.79 Å². The lowest BCUT2D eigenvalue weighted by atomic mass is 10.0. The fraction of sp³-hybridized carbons (Fsp3) is 0.455. The summed E-state index contributed by atoms with van der Waals surface area (Å²) in [7, 11) is 0. The molecule has 0 spiro atoms. The number of rotatable bonds is 3. The number of ether oxygens (including phenoxy) is 2. The second kappa shape index (κ2) is 4.41. The van der Waals surface area contributed by atoms with Gasteiger partial charge in [0.05, 0.1) is 0 Å². The highest BCUT2D eigenvalue weighted by Crippen LogP contribution is 2.39. The molecule has 0 bridgehead atoms. The van der Waals surface area contributed by atoms with Crippen molar-refractivity contribution < 1.29 is 9.47 Å². The third-order valence-electron chi connectivity index (χ3n) is 2.49. The zero-order chi connectivity index (χ0) is 10.8. The van der Waals surface area contributed by atoms with Crippen LogP contribution in [0.2, 0.25) is 0 Å². The van der Waals surface area contributed by atoms with Gasteiger partial charge in [0.1, 0.15) is 0 Å². The van der Waals surface area contributed by atoms with Crippen LogP contribution in [0.15, 0.2) is 16.6 Å². The summed E-state index contributed by atoms with van der Waals surface area (Å²) < 4.78 is 11.6. The third kappa shape index (κ3) is 2.11. The average Bonchev–Trinajstić information content (AvgIpc) is 2.63. The van der Waals surface area contributed by atoms with E-state index in [1.54, 1.807) is 0 Å². The Morgan fingerprint density at radius 3 is 2.73 bits per heavy atom. The topological polar surface area (TPSA) is 44.5 Å². The van der Waals surface area contributed by atoms with Gasteiger partial charge in [0.15, 0.2) is 11.5 Å². The molecule has 0 unspecified atom stereocenters. The van der Waals surface area contributed by atoms with Crippen molar-refractivity contribution in [2.45, 2.75) is 25.8 Å². The zero-order valence-electron chi connectivity index (χ0n) is 8.63. The number of nitrogens with two attached hydrogens (primary N) is 1. The number of fused-ring (bicyclic) bond motifs is 1. The van der Waals surface area contributed by atoms with E-state index in [0.717, 1.165) is 34.4 Å². The smallest absolute Gasteiger partial charge is 0.231 e. The van der Waals surface area contributed by atoms with Crippen molar-refractivity contribution in [3.05, 3.63) is 22.2 Å². The van der Waals surface area contributed by atoms with Gasteiger partial charge in [-0.3, -0.25) is 0 Å². The van der Waals surface area contributed by atoms with Gasteiger partial charge in [0.2, 0.25) is 6.79 Å². The van der Waals surface area contributed by atoms with E-state index in [9.17, 15) is 0 Å². The molecule has 4 heteroatoms. The summed E-state index contributed by atoms with van der Waals surface area (Å²) >= 11 is 3.50. The predicted octanol–water partition coefficient (Wildman–Crippen LogP) is 2.98. The highest BCUT2D eigenvalue weighted by atomic mass is 79.9. The molecule has 1 aromatic rings. The Labute approximate surface area is 97.7 Å². The normalized spacial score (nSPS) is 15.4. The molecule has 0 fully saturated rings. The number of halogens is 1. The van der Waals surface area contributed by atoms with Crippen LogP contribution in [0.4, 0.5) is 0 Å². The summed E-state index contributed by atoms with van der Waals surface area (Å²) in [6, 6.07) is 3.94. The molecule has 2 N–H and O–H groups in total. The van der Waals surface area contributed by atoms with Gasteiger partial charge < -0.3 is 15.2 Å². The van der Waals surface area contributed by atoms with Crippen molar-refractivity contribution >= 4 is 15.9 Å². The van der Waals surface area contributed by atoms with Gasteiger partial charge >= 0.3 is 0 Å². The van der Waals surface area contributed by atoms with Gasteiger partial charge in [-0.05, 0) is 24.1 Å². The molecule has 15 heavy (non-hydrogen) atoms. The lowest BCUT2D eigenvalue weighted by Crippen LogP contribution is -2.10. The first-order valence-corrected chi connectivity index (χ1v) is 5.86. The molecule has 0 amide bonds. The summed E-state index contributed by atoms with van der Waals surface area (Å²) in [6.07, 6.45) is 2.04. The van der Waals surface area contributed by atoms with Crippen molar-refractivity contribution in [1.29, 1.82) is 0 Å². The molecule has 1 aliphatic rings. The van der Waals surface area contributed by atoms with Crippen LogP contribution in [0.5, 0.6) is 11.5 Å². The lowest BCUT2D eigenvalue weighted by Gasteiger charge is -2.13. The van der Waals surface area contributed by atoms with Gasteiger partial charge in [0, 0.05) is 10.5 Å². The standard InChI is InChI=1S/C11H14BrNO2/c1-2-3-9(13)7-4-10-11(5-8(7)12)15-6-14-10/h4-5,9H,2-3,6,13H2,1H3/t9-/m1/s1. The number of benzene rings is 1. The molecule has 1 aromatic carbocycles. The van der Waals surface area contributed by atoms with Gasteiger partial charge in [-0.2, -0.15) is 0 Å². The van der Waals surface area contributed by atoms with Gasteiger partial charge in [-0.15, -0.1) is 0 Å². The molecule has 1 atom stereocenters. The van der Waals surface area contributed by atoms with Gasteiger partial charge in [-0.1, -0.05) is 29.3 Å². The third-order valence-corrected chi connectivity index (χ3v) is 3.18. The van der Waals surface area contributed by atoms with E-state index in [0.29, 0.717) is 6.79 Å². The van der Waals surface area contributed by atoms with E-state index in [-0.39, 0.29) is 6.04 Å². The van der Waals surface area contributed by atoms with Crippen molar-refractivity contribution in [3.8, 4) is 11.5 Å². The summed E-state index contributed by atoms with van der Waals surface area (Å²) in [5.74, 6) is 1.58. The summed E-state index contributed by atoms with van der Waals surface area (Å²) in [6.45, 7) is 2.43. The summed E-state index contributed by atoms with van der Waals surface area (Å²) in [4.78, 5) is 0. The van der Waals surface area contributed by atoms with E-state index < -0.39 is 0 Å². The molecule has 1 aliphatic heterocycles. The van der Waals surface area contributed by atoms with Crippen LogP contribution in [0.1, 0.15) is 31.4 Å². The Hall–Kier alpha value is -0.740. The Morgan fingerprint density at radius 2 is 2.07 bits per heavy atom. The molecule has 0 saturated carbocycles. The minimum absolute atomic E-state index is 0.0545. The zero-order valence-corrected chi connectivity index (χ0v) is 10.2. The van der Waals surface area contributed by atoms with E-state index in [4.69, 9.17) is 15.2 Å². The fourth-order valence-corrected chi connectivity index (χ4v) is 2.30. The van der Waals surface area contributed by atoms with Gasteiger partial charge in [-0.25, -0.2) is 0 Å². The number of hydrogen-bond donors (Lipinski definition) is 1. The molecule has 0 aromatic heterocycles. The SMILES string of the molecule is CCC[C@@H](N)c1cc2c(cc1Br)OCO2. The second-order valence-electron chi connectivity index (χ2n) is 3.62. The molecular formula is C11H14BrNO2. The molecule has 0 aliphatic carbocycles. The van der Waals surface area contributed by atoms with Crippen molar-refractivity contribution in [2.24, 2.45) is 5.73 Å². The van der Waals surface area contributed by atoms with E-state index in [1.807, 2.05) is 12.1 Å². The molecule has 0 saturated heterocycles. The molecule has 82 valence electrons. The Bertz CT molecular complexity index is 368. The summed E-state index contributed by atoms with van der Waals surface area (Å²) in [5.41, 5.74) is 7.16. The van der Waals surface area contributed by atoms with E-state index >= 15 is 0 Å². The average molecular weight is 272 g/mol. The Kier molecular flexibility index (Phi) is 3.17. The first kappa shape index (κ1) is 10.8. The maximum absolute atomic E-state index is 6.07. The van der Waals surface area contributed by atoms with Crippen LogP contribution < -0.4 is 15.2 Å². The van der Waals surface area contributed by atoms with Crippen molar-refractivity contribution in [3.63, 3.8) is 0 Å². The van der Waals surface area contributed by atoms with Crippen LogP contribution in [-0.2, 0) is 0 Å². The predicted molar refractivity (Wildman–Crippen MR) is 62.1 cm³/mol. The minimum atomic E-state index is 0.0545. The highest BCUT2D eigenvalue weighted by Gasteiger charge is 2.18. The fourth-order valence-electron chi connectivity index (χ4n) is 1.68. The van der Waals surface area contributed by atoms with Gasteiger partial charge in [0.25, 0.3) is 0 Å². The van der Waals surface area contributed by atoms with E-state index in [1.165, 1.54) is 0 Å². The van der Waals surface area contributed by atoms with Crippen molar-refractivity contribution in [1.82, 2.24) is 0 Å². The van der Waals surface area contributed by atoms with Crippen LogP contribution in [0.3, 0.4) is 0 Å². The van der Waals surface area contributed by atoms with E-state index in [2.05, 4.69) is 22.9 Å². The van der Waals surface area contributed by atoms with Crippen LogP contribution >= 0.6 is 15.9 Å². The Morgan fingerprint density at radius 1 is 1.40 bits per heavy atom. The largest absolute Gasteiger partial charge is 0.454 e. The maximum Gasteiger partial charge on any atom is 0.231 e. The first-order chi connectivity index (χ1) is 7.22. The highest BCUT2D eigenvalue weighted by molar-refractivity contribution is 9.10. The molecule has 3 nitrogen and oxygen atoms in total. The lowest BCUT2D eigenvalue weighted by molar-refractivity contribution is 0.174. The molecule has 1 heterocycles. The quantitative estimate of drug-likeness (QED) is 0.920. The van der Waals surface area contributed by atoms with Crippen LogP contribution in [0, 0.1) is 0 Å². The maximum atomic E-state index is 6.07. The number of hydrogen-bond acceptors (Lipinski definition) is 3. The van der Waals surface area contributed by atoms with Crippen LogP contribution in [0.25, 0.3) is 0 Å².